The number of nitrogens with two attached hydrogens (primary N) is 1. The minimum Gasteiger partial charge on any atom is -0.508 e. The van der Waals surface area contributed by atoms with E-state index >= 15 is 0 Å². The molecule has 1 amide bonds. The molecular formula is C21H27N3O3. The molecule has 2 aliphatic heterocycles. The fourth-order valence-electron chi connectivity index (χ4n) is 6.78. The summed E-state index contributed by atoms with van der Waals surface area (Å²) in [5.41, 5.74) is 9.21. The molecular weight excluding hydrogens is 342 g/mol. The van der Waals surface area contributed by atoms with Crippen molar-refractivity contribution in [1.29, 1.82) is 0 Å². The number of carbonyl (C=O) groups is 1. The molecule has 3 fully saturated rings. The third-order valence-electron chi connectivity index (χ3n) is 8.01. The van der Waals surface area contributed by atoms with Crippen molar-refractivity contribution in [3.05, 3.63) is 17.2 Å². The molecule has 1 aromatic rings. The summed E-state index contributed by atoms with van der Waals surface area (Å²) in [6.07, 6.45) is 7.34. The number of benzene rings is 1. The lowest BCUT2D eigenvalue weighted by Crippen LogP contribution is -2.68. The van der Waals surface area contributed by atoms with Crippen LogP contribution in [0.1, 0.15) is 43.2 Å². The lowest BCUT2D eigenvalue weighted by atomic mass is 9.51. The number of rotatable bonds is 4. The van der Waals surface area contributed by atoms with E-state index in [-0.39, 0.29) is 23.3 Å². The van der Waals surface area contributed by atoms with E-state index in [9.17, 15) is 9.90 Å². The molecule has 1 spiro atoms. The molecule has 3 aliphatic carbocycles. The predicted molar refractivity (Wildman–Crippen MR) is 101 cm³/mol. The highest BCUT2D eigenvalue weighted by Crippen LogP contribution is 2.64. The lowest BCUT2D eigenvalue weighted by Gasteiger charge is -2.59. The largest absolute Gasteiger partial charge is 0.508 e. The third kappa shape index (κ3) is 2.00. The van der Waals surface area contributed by atoms with E-state index in [1.807, 2.05) is 0 Å². The normalized spacial score (nSPS) is 38.9. The van der Waals surface area contributed by atoms with Crippen LogP contribution in [0.15, 0.2) is 6.07 Å². The summed E-state index contributed by atoms with van der Waals surface area (Å²) < 4.78 is 6.48. The first-order chi connectivity index (χ1) is 13.1. The lowest BCUT2D eigenvalue weighted by molar-refractivity contribution is -0.105. The van der Waals surface area contributed by atoms with Gasteiger partial charge in [0.2, 0.25) is 6.41 Å². The SMILES string of the molecule is N[C@@H]1CC[C@H]2[C@H]3Cc4c(O)cc(NC=O)c5c4[C@@]2(CCN3CC2CC2)[C@H]1O5. The quantitative estimate of drug-likeness (QED) is 0.704. The first-order valence-electron chi connectivity index (χ1n) is 10.4. The van der Waals surface area contributed by atoms with E-state index in [2.05, 4.69) is 10.2 Å². The Bertz CT molecular complexity index is 823. The maximum atomic E-state index is 11.1. The zero-order chi connectivity index (χ0) is 18.3. The van der Waals surface area contributed by atoms with E-state index < -0.39 is 0 Å². The Morgan fingerprint density at radius 2 is 2.22 bits per heavy atom. The molecule has 0 unspecified atom stereocenters. The molecule has 0 aromatic heterocycles. The van der Waals surface area contributed by atoms with Gasteiger partial charge in [-0.05, 0) is 56.9 Å². The monoisotopic (exact) mass is 369 g/mol. The van der Waals surface area contributed by atoms with Gasteiger partial charge in [0.05, 0.1) is 5.69 Å². The molecule has 6 nitrogen and oxygen atoms in total. The van der Waals surface area contributed by atoms with Crippen molar-refractivity contribution in [1.82, 2.24) is 4.90 Å². The summed E-state index contributed by atoms with van der Waals surface area (Å²) in [6.45, 7) is 2.28. The van der Waals surface area contributed by atoms with Crippen molar-refractivity contribution >= 4 is 12.1 Å². The number of phenolic OH excluding ortho intramolecular Hbond substituents is 1. The predicted octanol–water partition coefficient (Wildman–Crippen LogP) is 1.74. The zero-order valence-corrected chi connectivity index (χ0v) is 15.5. The molecule has 5 atom stereocenters. The maximum Gasteiger partial charge on any atom is 0.211 e. The highest BCUT2D eigenvalue weighted by atomic mass is 16.5. The van der Waals surface area contributed by atoms with Crippen LogP contribution in [0.2, 0.25) is 0 Å². The Morgan fingerprint density at radius 3 is 3.00 bits per heavy atom. The van der Waals surface area contributed by atoms with Gasteiger partial charge in [-0.1, -0.05) is 0 Å². The van der Waals surface area contributed by atoms with Gasteiger partial charge in [0.15, 0.2) is 0 Å². The summed E-state index contributed by atoms with van der Waals surface area (Å²) in [5, 5.41) is 13.6. The van der Waals surface area contributed by atoms with Crippen LogP contribution in [0.5, 0.6) is 11.5 Å². The molecule has 27 heavy (non-hydrogen) atoms. The van der Waals surface area contributed by atoms with Crippen LogP contribution in [0.3, 0.4) is 0 Å². The van der Waals surface area contributed by atoms with E-state index in [4.69, 9.17) is 10.5 Å². The summed E-state index contributed by atoms with van der Waals surface area (Å²) in [4.78, 5) is 13.8. The number of aromatic hydroxyl groups is 1. The van der Waals surface area contributed by atoms with E-state index in [1.165, 1.54) is 19.4 Å². The molecule has 2 saturated carbocycles. The number of likely N-dealkylation sites (tertiary alicyclic amines) is 1. The molecule has 5 aliphatic rings. The van der Waals surface area contributed by atoms with Gasteiger partial charge in [0.25, 0.3) is 0 Å². The van der Waals surface area contributed by atoms with E-state index in [0.717, 1.165) is 55.0 Å². The number of nitrogens with one attached hydrogen (secondary N) is 1. The van der Waals surface area contributed by atoms with Gasteiger partial charge in [-0.25, -0.2) is 0 Å². The number of hydrogen-bond acceptors (Lipinski definition) is 5. The smallest absolute Gasteiger partial charge is 0.211 e. The Kier molecular flexibility index (Phi) is 3.23. The first kappa shape index (κ1) is 16.2. The Labute approximate surface area is 159 Å². The fraction of sp³-hybridized carbons (Fsp3) is 0.667. The van der Waals surface area contributed by atoms with Crippen molar-refractivity contribution < 1.29 is 14.6 Å². The number of ether oxygens (including phenoxy) is 1. The van der Waals surface area contributed by atoms with Crippen molar-refractivity contribution in [3.63, 3.8) is 0 Å². The Hall–Kier alpha value is -1.79. The van der Waals surface area contributed by atoms with Gasteiger partial charge in [-0.3, -0.25) is 9.69 Å². The average molecular weight is 369 g/mol. The standard InChI is InChI=1S/C21H27N3O3/c22-14-4-3-13-16-7-12-17(26)8-15(23-10-25)19-18(12)21(13,20(14)27-19)5-6-24(16)9-11-1-2-11/h8,10-11,13-14,16,20,26H,1-7,9,22H2,(H,23,25)/t13-,14+,16+,20-,21-/m0/s1. The minimum absolute atomic E-state index is 0.00135. The van der Waals surface area contributed by atoms with Gasteiger partial charge >= 0.3 is 0 Å². The number of carbonyl (C=O) groups excluding carboxylic acids is 1. The molecule has 6 heteroatoms. The van der Waals surface area contributed by atoms with E-state index in [1.54, 1.807) is 6.07 Å². The number of anilines is 1. The number of nitrogens with zero attached hydrogens (tertiary/aromatic N) is 1. The second-order valence-electron chi connectivity index (χ2n) is 9.27. The van der Waals surface area contributed by atoms with Crippen LogP contribution < -0.4 is 15.8 Å². The van der Waals surface area contributed by atoms with Crippen LogP contribution in [-0.4, -0.2) is 47.7 Å². The molecule has 2 heterocycles. The minimum atomic E-state index is -0.108. The van der Waals surface area contributed by atoms with Crippen LogP contribution in [0.25, 0.3) is 0 Å². The Balaban J connectivity index is 1.54. The second-order valence-corrected chi connectivity index (χ2v) is 9.27. The highest BCUT2D eigenvalue weighted by molar-refractivity contribution is 5.81. The maximum absolute atomic E-state index is 11.1. The summed E-state index contributed by atoms with van der Waals surface area (Å²) in [6, 6.07) is 2.12. The third-order valence-corrected chi connectivity index (χ3v) is 8.01. The molecule has 1 saturated heterocycles. The molecule has 144 valence electrons. The number of piperidine rings is 1. The van der Waals surface area contributed by atoms with Crippen LogP contribution in [-0.2, 0) is 16.6 Å². The summed E-state index contributed by atoms with van der Waals surface area (Å²) in [5.74, 6) is 2.44. The first-order valence-corrected chi connectivity index (χ1v) is 10.4. The second kappa shape index (κ2) is 5.39. The molecule has 2 bridgehead atoms. The Morgan fingerprint density at radius 1 is 1.37 bits per heavy atom. The van der Waals surface area contributed by atoms with Crippen LogP contribution in [0, 0.1) is 11.8 Å². The molecule has 4 N–H and O–H groups in total. The van der Waals surface area contributed by atoms with Crippen molar-refractivity contribution in [2.45, 2.75) is 62.1 Å². The number of amides is 1. The number of hydrogen-bond donors (Lipinski definition) is 3. The average Bonchev–Trinajstić information content (AvgIpc) is 3.40. The topological polar surface area (TPSA) is 87.8 Å². The summed E-state index contributed by atoms with van der Waals surface area (Å²) in [7, 11) is 0. The summed E-state index contributed by atoms with van der Waals surface area (Å²) >= 11 is 0. The highest BCUT2D eigenvalue weighted by Gasteiger charge is 2.65. The molecule has 1 aromatic carbocycles. The van der Waals surface area contributed by atoms with Gasteiger partial charge < -0.3 is 20.9 Å². The van der Waals surface area contributed by atoms with Gasteiger partial charge in [0, 0.05) is 41.2 Å². The van der Waals surface area contributed by atoms with E-state index in [0.29, 0.717) is 24.1 Å². The van der Waals surface area contributed by atoms with Gasteiger partial charge in [0.1, 0.15) is 17.6 Å². The van der Waals surface area contributed by atoms with Gasteiger partial charge in [-0.2, -0.15) is 0 Å². The molecule has 6 rings (SSSR count). The molecule has 0 radical (unpaired) electrons. The zero-order valence-electron chi connectivity index (χ0n) is 15.5. The van der Waals surface area contributed by atoms with Crippen LogP contribution in [0.4, 0.5) is 5.69 Å². The number of phenols is 1. The van der Waals surface area contributed by atoms with Crippen molar-refractivity contribution in [2.24, 2.45) is 17.6 Å². The van der Waals surface area contributed by atoms with Crippen molar-refractivity contribution in [3.8, 4) is 11.5 Å². The fourth-order valence-corrected chi connectivity index (χ4v) is 6.78. The van der Waals surface area contributed by atoms with Gasteiger partial charge in [-0.15, -0.1) is 0 Å². The van der Waals surface area contributed by atoms with Crippen molar-refractivity contribution in [2.75, 3.05) is 18.4 Å². The van der Waals surface area contributed by atoms with Crippen LogP contribution >= 0.6 is 0 Å².